The molecule has 2 unspecified atom stereocenters. The second kappa shape index (κ2) is 16.7. The van der Waals surface area contributed by atoms with E-state index >= 15 is 0 Å². The first kappa shape index (κ1) is 30.1. The predicted molar refractivity (Wildman–Crippen MR) is 129 cm³/mol. The summed E-state index contributed by atoms with van der Waals surface area (Å²) in [5.41, 5.74) is 4.25. The number of aryl methyl sites for hydroxylation is 1. The predicted octanol–water partition coefficient (Wildman–Crippen LogP) is 3.65. The number of ketones is 1. The maximum absolute atomic E-state index is 12.1. The normalized spacial score (nSPS) is 11.4. The van der Waals surface area contributed by atoms with E-state index in [4.69, 9.17) is 11.6 Å². The first-order chi connectivity index (χ1) is 15.6. The minimum absolute atomic E-state index is 0.0636. The van der Waals surface area contributed by atoms with Gasteiger partial charge in [-0.3, -0.25) is 19.2 Å². The molecule has 1 aromatic heterocycles. The number of hydrogen-bond donors (Lipinski definition) is 3. The number of anilines is 1. The fourth-order valence-corrected chi connectivity index (χ4v) is 2.81. The molecule has 33 heavy (non-hydrogen) atoms. The van der Waals surface area contributed by atoms with Crippen molar-refractivity contribution in [1.82, 2.24) is 15.6 Å². The molecule has 182 valence electrons. The molecular weight excluding hydrogens is 471 g/mol. The smallest absolute Gasteiger partial charge is 0.289 e. The van der Waals surface area contributed by atoms with E-state index in [0.29, 0.717) is 17.9 Å². The Morgan fingerprint density at radius 2 is 1.91 bits per heavy atom. The topological polar surface area (TPSA) is 117 Å². The van der Waals surface area contributed by atoms with Gasteiger partial charge in [-0.2, -0.15) is 0 Å². The van der Waals surface area contributed by atoms with Crippen molar-refractivity contribution in [2.75, 3.05) is 18.9 Å². The largest absolute Gasteiger partial charge is 0.353 e. The highest BCUT2D eigenvalue weighted by atomic mass is 35.5. The lowest BCUT2D eigenvalue weighted by atomic mass is 10.1. The quantitative estimate of drug-likeness (QED) is 0.378. The first-order valence-corrected chi connectivity index (χ1v) is 11.4. The average Bonchev–Trinajstić information content (AvgIpc) is 3.33. The van der Waals surface area contributed by atoms with Gasteiger partial charge >= 0.3 is 0 Å². The molecule has 3 amide bonds. The van der Waals surface area contributed by atoms with Crippen molar-refractivity contribution in [3.05, 3.63) is 45.4 Å². The summed E-state index contributed by atoms with van der Waals surface area (Å²) < 4.78 is 11.4. The summed E-state index contributed by atoms with van der Waals surface area (Å²) in [5, 5.41) is 9.65. The number of benzene rings is 1. The number of carbonyl (C=O) groups excluding carboxylic acids is 4. The van der Waals surface area contributed by atoms with Crippen LogP contribution in [0.25, 0.3) is 0 Å². The third kappa shape index (κ3) is 12.7. The number of nitrogens with zero attached hydrogens (tertiary/aromatic N) is 1. The minimum Gasteiger partial charge on any atom is -0.353 e. The molecule has 3 N–H and O–H groups in total. The zero-order chi connectivity index (χ0) is 25.4. The molecule has 2 rings (SSSR count). The molecule has 0 aliphatic heterocycles. The number of nitrogens with one attached hydrogen (secondary N) is 3. The van der Waals surface area contributed by atoms with Crippen LogP contribution in [0.15, 0.2) is 29.1 Å². The van der Waals surface area contributed by atoms with E-state index in [1.54, 1.807) is 18.5 Å². The van der Waals surface area contributed by atoms with Crippen molar-refractivity contribution >= 4 is 52.6 Å². The molecule has 0 saturated heterocycles. The SMILES string of the molecule is CCC(C)F.CNC(=O)C(=O)CNC=O.Cc1cc(Cl)ccc1NC(=O)C(C)c1cscn1. The Balaban J connectivity index is 0.000000576. The van der Waals surface area contributed by atoms with Crippen LogP contribution in [0.5, 0.6) is 0 Å². The van der Waals surface area contributed by atoms with Crippen molar-refractivity contribution in [2.24, 2.45) is 0 Å². The van der Waals surface area contributed by atoms with Crippen LogP contribution in [-0.2, 0) is 19.2 Å². The van der Waals surface area contributed by atoms with Gasteiger partial charge in [0.2, 0.25) is 18.1 Å². The summed E-state index contributed by atoms with van der Waals surface area (Å²) in [6, 6.07) is 5.39. The van der Waals surface area contributed by atoms with Crippen molar-refractivity contribution < 1.29 is 23.6 Å². The van der Waals surface area contributed by atoms with E-state index in [0.717, 1.165) is 16.9 Å². The number of carbonyl (C=O) groups is 4. The Kier molecular flexibility index (Phi) is 15.3. The van der Waals surface area contributed by atoms with E-state index in [-0.39, 0.29) is 18.4 Å². The van der Waals surface area contributed by atoms with Crippen LogP contribution in [0.4, 0.5) is 10.1 Å². The number of hydrogen-bond acceptors (Lipinski definition) is 6. The van der Waals surface area contributed by atoms with Gasteiger partial charge in [0.05, 0.1) is 29.8 Å². The van der Waals surface area contributed by atoms with Gasteiger partial charge in [-0.15, -0.1) is 11.3 Å². The number of thiazole rings is 1. The molecule has 0 fully saturated rings. The van der Waals surface area contributed by atoms with Crippen LogP contribution in [0, 0.1) is 6.92 Å². The van der Waals surface area contributed by atoms with Gasteiger partial charge in [0.25, 0.3) is 5.91 Å². The molecule has 0 spiro atoms. The van der Waals surface area contributed by atoms with Crippen molar-refractivity contribution in [3.63, 3.8) is 0 Å². The summed E-state index contributed by atoms with van der Waals surface area (Å²) in [7, 11) is 1.35. The fourth-order valence-electron chi connectivity index (χ4n) is 1.93. The summed E-state index contributed by atoms with van der Waals surface area (Å²) in [5.74, 6) is -1.68. The zero-order valence-electron chi connectivity index (χ0n) is 19.3. The number of likely N-dealkylation sites (N-methyl/N-ethyl adjacent to an activating group) is 1. The molecule has 2 aromatic rings. The van der Waals surface area contributed by atoms with Crippen LogP contribution < -0.4 is 16.0 Å². The number of amides is 3. The number of rotatable bonds is 8. The Hall–Kier alpha value is -2.85. The lowest BCUT2D eigenvalue weighted by molar-refractivity contribution is -0.137. The molecule has 0 radical (unpaired) electrons. The third-order valence-corrected chi connectivity index (χ3v) is 4.96. The number of Topliss-reactive ketones (excluding diaryl/α,β-unsaturated/α-hetero) is 1. The summed E-state index contributed by atoms with van der Waals surface area (Å²) in [6.45, 7) is 6.89. The van der Waals surface area contributed by atoms with Crippen molar-refractivity contribution in [3.8, 4) is 0 Å². The average molecular weight is 501 g/mol. The van der Waals surface area contributed by atoms with Gasteiger partial charge in [-0.1, -0.05) is 18.5 Å². The summed E-state index contributed by atoms with van der Waals surface area (Å²) in [6.07, 6.45) is 0.385. The third-order valence-electron chi connectivity index (χ3n) is 4.12. The van der Waals surface area contributed by atoms with Gasteiger partial charge in [0.15, 0.2) is 0 Å². The maximum atomic E-state index is 12.1. The summed E-state index contributed by atoms with van der Waals surface area (Å²) in [4.78, 5) is 46.7. The van der Waals surface area contributed by atoms with Gasteiger partial charge in [0, 0.05) is 23.1 Å². The highest BCUT2D eigenvalue weighted by Crippen LogP contribution is 2.22. The van der Waals surface area contributed by atoms with E-state index in [9.17, 15) is 23.6 Å². The number of alkyl halides is 1. The molecule has 11 heteroatoms. The second-order valence-corrected chi connectivity index (χ2v) is 7.93. The second-order valence-electron chi connectivity index (χ2n) is 6.77. The maximum Gasteiger partial charge on any atom is 0.289 e. The van der Waals surface area contributed by atoms with Crippen molar-refractivity contribution in [1.29, 1.82) is 0 Å². The Morgan fingerprint density at radius 1 is 1.27 bits per heavy atom. The highest BCUT2D eigenvalue weighted by molar-refractivity contribution is 7.07. The lowest BCUT2D eigenvalue weighted by Crippen LogP contribution is -2.34. The Morgan fingerprint density at radius 3 is 2.36 bits per heavy atom. The number of aromatic nitrogens is 1. The number of halogens is 2. The fraction of sp³-hybridized carbons (Fsp3) is 0.409. The molecular formula is C22H30ClFN4O4S. The molecule has 0 bridgehead atoms. The van der Waals surface area contributed by atoms with Crippen LogP contribution in [0.2, 0.25) is 5.02 Å². The molecule has 8 nitrogen and oxygen atoms in total. The van der Waals surface area contributed by atoms with Crippen LogP contribution in [0.3, 0.4) is 0 Å². The Labute approximate surface area is 202 Å². The lowest BCUT2D eigenvalue weighted by Gasteiger charge is -2.12. The standard InChI is InChI=1S/C13H13ClN2OS.C5H8N2O3.C4H9F/c1-8-5-10(14)3-4-11(8)16-13(17)9(2)12-6-18-7-15-12;1-6-5(10)4(9)2-7-3-8;1-3-4(2)5/h3-7,9H,1-2H3,(H,16,17);3H,2H2,1H3,(H,6,10)(H,7,8);4H,3H2,1-2H3. The molecule has 1 aromatic carbocycles. The van der Waals surface area contributed by atoms with Gasteiger partial charge < -0.3 is 16.0 Å². The van der Waals surface area contributed by atoms with Gasteiger partial charge in [-0.05, 0) is 51.0 Å². The van der Waals surface area contributed by atoms with Crippen LogP contribution in [0.1, 0.15) is 44.4 Å². The van der Waals surface area contributed by atoms with Crippen LogP contribution in [-0.4, -0.2) is 48.8 Å². The van der Waals surface area contributed by atoms with E-state index in [1.165, 1.54) is 18.4 Å². The zero-order valence-corrected chi connectivity index (χ0v) is 20.8. The first-order valence-electron chi connectivity index (χ1n) is 10.1. The van der Waals surface area contributed by atoms with Gasteiger partial charge in [0.1, 0.15) is 0 Å². The molecule has 1 heterocycles. The van der Waals surface area contributed by atoms with Gasteiger partial charge in [-0.25, -0.2) is 9.37 Å². The van der Waals surface area contributed by atoms with E-state index in [1.807, 2.05) is 38.3 Å². The van der Waals surface area contributed by atoms with E-state index < -0.39 is 17.9 Å². The summed E-state index contributed by atoms with van der Waals surface area (Å²) >= 11 is 7.36. The Bertz CT molecular complexity index is 895. The molecule has 0 aliphatic rings. The molecule has 0 aliphatic carbocycles. The van der Waals surface area contributed by atoms with Crippen molar-refractivity contribution in [2.45, 2.75) is 46.2 Å². The van der Waals surface area contributed by atoms with Crippen LogP contribution >= 0.6 is 22.9 Å². The minimum atomic E-state index is -0.700. The van der Waals surface area contributed by atoms with E-state index in [2.05, 4.69) is 20.9 Å². The molecule has 0 saturated carbocycles. The monoisotopic (exact) mass is 500 g/mol. The molecule has 2 atom stereocenters. The highest BCUT2D eigenvalue weighted by Gasteiger charge is 2.17.